The van der Waals surface area contributed by atoms with Gasteiger partial charge in [0.25, 0.3) is 0 Å². The topological polar surface area (TPSA) is 81.7 Å². The number of carbonyl (C=O) groups excluding carboxylic acids is 3. The lowest BCUT2D eigenvalue weighted by molar-refractivity contribution is -0.155. The van der Waals surface area contributed by atoms with Crippen LogP contribution in [0.5, 0.6) is 0 Å². The van der Waals surface area contributed by atoms with Crippen molar-refractivity contribution >= 4 is 18.0 Å². The van der Waals surface area contributed by atoms with Gasteiger partial charge in [0.2, 0.25) is 5.91 Å². The van der Waals surface area contributed by atoms with Crippen molar-refractivity contribution in [3.63, 3.8) is 0 Å². The Hall–Kier alpha value is -1.59. The number of rotatable bonds is 1. The molecule has 1 aliphatic heterocycles. The molecule has 1 rings (SSSR count). The van der Waals surface area contributed by atoms with E-state index in [0.29, 0.717) is 13.0 Å². The van der Waals surface area contributed by atoms with Crippen molar-refractivity contribution in [2.24, 2.45) is 5.41 Å². The highest BCUT2D eigenvalue weighted by molar-refractivity contribution is 6.05. The Bertz CT molecular complexity index is 357. The van der Waals surface area contributed by atoms with E-state index in [2.05, 4.69) is 10.1 Å². The van der Waals surface area contributed by atoms with Gasteiger partial charge < -0.3 is 14.8 Å². The summed E-state index contributed by atoms with van der Waals surface area (Å²) in [6.45, 7) is 6.81. The molecule has 0 aromatic heterocycles. The van der Waals surface area contributed by atoms with Crippen LogP contribution < -0.4 is 5.32 Å². The van der Waals surface area contributed by atoms with Crippen molar-refractivity contribution in [2.45, 2.75) is 39.7 Å². The van der Waals surface area contributed by atoms with Crippen molar-refractivity contribution in [3.05, 3.63) is 0 Å². The van der Waals surface area contributed by atoms with Crippen molar-refractivity contribution in [3.8, 4) is 0 Å². The third-order valence-electron chi connectivity index (χ3n) is 2.43. The molecule has 1 amide bonds. The molecule has 1 aliphatic rings. The largest absolute Gasteiger partial charge is 0.516 e. The molecule has 1 saturated heterocycles. The quantitative estimate of drug-likeness (QED) is 0.548. The van der Waals surface area contributed by atoms with Gasteiger partial charge in [0, 0.05) is 6.54 Å². The normalized spacial score (nSPS) is 24.1. The highest BCUT2D eigenvalue weighted by Gasteiger charge is 2.47. The molecule has 6 nitrogen and oxygen atoms in total. The zero-order valence-electron chi connectivity index (χ0n) is 10.5. The fourth-order valence-electron chi connectivity index (χ4n) is 1.39. The molecule has 0 bridgehead atoms. The van der Waals surface area contributed by atoms with E-state index in [1.165, 1.54) is 6.92 Å². The Morgan fingerprint density at radius 1 is 1.35 bits per heavy atom. The van der Waals surface area contributed by atoms with Crippen LogP contribution in [0.2, 0.25) is 0 Å². The maximum Gasteiger partial charge on any atom is 0.516 e. The standard InChI is InChI=1S/C11H17NO5/c1-10(2,3)17-9(15)16-8(14)11(4)5-6-12-7(11)13/h5-6H2,1-4H3,(H,12,13)/t11-/m1/s1. The lowest BCUT2D eigenvalue weighted by Crippen LogP contribution is -2.39. The van der Waals surface area contributed by atoms with E-state index >= 15 is 0 Å². The number of hydrogen-bond donors (Lipinski definition) is 1. The number of ether oxygens (including phenoxy) is 2. The average Bonchev–Trinajstić information content (AvgIpc) is 2.44. The van der Waals surface area contributed by atoms with Gasteiger partial charge >= 0.3 is 12.1 Å². The summed E-state index contributed by atoms with van der Waals surface area (Å²) in [4.78, 5) is 34.4. The van der Waals surface area contributed by atoms with Gasteiger partial charge in [-0.25, -0.2) is 4.79 Å². The summed E-state index contributed by atoms with van der Waals surface area (Å²) in [6, 6.07) is 0. The Kier molecular flexibility index (Phi) is 3.45. The fourth-order valence-corrected chi connectivity index (χ4v) is 1.39. The molecule has 0 aromatic carbocycles. The van der Waals surface area contributed by atoms with Gasteiger partial charge in [-0.3, -0.25) is 9.59 Å². The minimum atomic E-state index is -1.29. The van der Waals surface area contributed by atoms with Crippen molar-refractivity contribution < 1.29 is 23.9 Å². The molecular formula is C11H17NO5. The molecule has 6 heteroatoms. The first kappa shape index (κ1) is 13.5. The van der Waals surface area contributed by atoms with Crippen LogP contribution in [0.4, 0.5) is 4.79 Å². The fraction of sp³-hybridized carbons (Fsp3) is 0.727. The second-order valence-electron chi connectivity index (χ2n) is 5.19. The highest BCUT2D eigenvalue weighted by Crippen LogP contribution is 2.27. The van der Waals surface area contributed by atoms with E-state index < -0.39 is 29.0 Å². The number of carbonyl (C=O) groups is 3. The van der Waals surface area contributed by atoms with Crippen LogP contribution >= 0.6 is 0 Å². The number of hydrogen-bond acceptors (Lipinski definition) is 5. The van der Waals surface area contributed by atoms with Crippen LogP contribution in [0.15, 0.2) is 0 Å². The van der Waals surface area contributed by atoms with E-state index in [1.54, 1.807) is 20.8 Å². The van der Waals surface area contributed by atoms with Gasteiger partial charge in [0.1, 0.15) is 11.0 Å². The maximum absolute atomic E-state index is 11.7. The van der Waals surface area contributed by atoms with E-state index in [1.807, 2.05) is 0 Å². The molecule has 0 radical (unpaired) electrons. The van der Waals surface area contributed by atoms with Crippen molar-refractivity contribution in [1.29, 1.82) is 0 Å². The van der Waals surface area contributed by atoms with Crippen LogP contribution in [-0.2, 0) is 19.1 Å². The number of nitrogens with one attached hydrogen (secondary N) is 1. The minimum absolute atomic E-state index is 0.313. The predicted molar refractivity (Wildman–Crippen MR) is 58.1 cm³/mol. The first-order valence-electron chi connectivity index (χ1n) is 5.39. The van der Waals surface area contributed by atoms with Gasteiger partial charge in [0.15, 0.2) is 0 Å². The minimum Gasteiger partial charge on any atom is -0.428 e. The molecule has 0 unspecified atom stereocenters. The van der Waals surface area contributed by atoms with E-state index in [9.17, 15) is 14.4 Å². The molecule has 1 N–H and O–H groups in total. The van der Waals surface area contributed by atoms with E-state index in [4.69, 9.17) is 4.74 Å². The molecule has 1 fully saturated rings. The molecule has 96 valence electrons. The third-order valence-corrected chi connectivity index (χ3v) is 2.43. The van der Waals surface area contributed by atoms with Crippen LogP contribution in [0.25, 0.3) is 0 Å². The monoisotopic (exact) mass is 243 g/mol. The Morgan fingerprint density at radius 2 is 1.94 bits per heavy atom. The molecule has 1 atom stereocenters. The van der Waals surface area contributed by atoms with E-state index in [0.717, 1.165) is 0 Å². The lowest BCUT2D eigenvalue weighted by Gasteiger charge is -2.21. The van der Waals surface area contributed by atoms with Crippen LogP contribution in [0, 0.1) is 5.41 Å². The van der Waals surface area contributed by atoms with Crippen molar-refractivity contribution in [2.75, 3.05) is 6.54 Å². The summed E-state index contributed by atoms with van der Waals surface area (Å²) in [5.74, 6) is -1.30. The Labute approximate surface area is 99.6 Å². The van der Waals surface area contributed by atoms with E-state index in [-0.39, 0.29) is 0 Å². The van der Waals surface area contributed by atoms with Crippen LogP contribution in [-0.4, -0.2) is 30.2 Å². The summed E-state index contributed by atoms with van der Waals surface area (Å²) < 4.78 is 9.36. The van der Waals surface area contributed by atoms with Gasteiger partial charge in [-0.1, -0.05) is 0 Å². The van der Waals surface area contributed by atoms with Crippen LogP contribution in [0.1, 0.15) is 34.1 Å². The second kappa shape index (κ2) is 4.35. The first-order chi connectivity index (χ1) is 7.65. The molecule has 0 saturated carbocycles. The molecule has 0 aliphatic carbocycles. The Morgan fingerprint density at radius 3 is 2.35 bits per heavy atom. The first-order valence-corrected chi connectivity index (χ1v) is 5.39. The number of amides is 1. The van der Waals surface area contributed by atoms with Gasteiger partial charge in [-0.15, -0.1) is 0 Å². The second-order valence-corrected chi connectivity index (χ2v) is 5.19. The summed E-state index contributed by atoms with van der Waals surface area (Å²) >= 11 is 0. The summed E-state index contributed by atoms with van der Waals surface area (Å²) in [5.41, 5.74) is -2.03. The average molecular weight is 243 g/mol. The maximum atomic E-state index is 11.7. The Balaban J connectivity index is 2.61. The smallest absolute Gasteiger partial charge is 0.428 e. The predicted octanol–water partition coefficient (Wildman–Crippen LogP) is 0.991. The summed E-state index contributed by atoms with van der Waals surface area (Å²) in [6.07, 6.45) is -0.767. The SMILES string of the molecule is CC(C)(C)OC(=O)OC(=O)[C@]1(C)CCNC1=O. The highest BCUT2D eigenvalue weighted by atomic mass is 16.7. The van der Waals surface area contributed by atoms with Gasteiger partial charge in [0.05, 0.1) is 0 Å². The molecule has 0 spiro atoms. The zero-order valence-corrected chi connectivity index (χ0v) is 10.5. The molecular weight excluding hydrogens is 226 g/mol. The van der Waals surface area contributed by atoms with Gasteiger partial charge in [-0.05, 0) is 34.1 Å². The van der Waals surface area contributed by atoms with Gasteiger partial charge in [-0.2, -0.15) is 0 Å². The summed E-state index contributed by atoms with van der Waals surface area (Å²) in [7, 11) is 0. The third kappa shape index (κ3) is 3.18. The lowest BCUT2D eigenvalue weighted by atomic mass is 9.89. The van der Waals surface area contributed by atoms with Crippen LogP contribution in [0.3, 0.4) is 0 Å². The summed E-state index contributed by atoms with van der Waals surface area (Å²) in [5, 5.41) is 2.52. The number of esters is 1. The molecule has 0 aromatic rings. The zero-order chi connectivity index (χ0) is 13.3. The molecule has 17 heavy (non-hydrogen) atoms. The van der Waals surface area contributed by atoms with Crippen molar-refractivity contribution in [1.82, 2.24) is 5.32 Å². The molecule has 1 heterocycles.